The summed E-state index contributed by atoms with van der Waals surface area (Å²) >= 11 is 5.78. The molecule has 0 bridgehead atoms. The van der Waals surface area contributed by atoms with E-state index in [9.17, 15) is 4.79 Å². The van der Waals surface area contributed by atoms with Crippen molar-refractivity contribution < 1.29 is 4.79 Å². The molecule has 0 saturated carbocycles. The van der Waals surface area contributed by atoms with Gasteiger partial charge in [-0.3, -0.25) is 4.79 Å². The SMILES string of the molecule is CC(=O)C(C)NCc1ccc(Cl)cc1N. The van der Waals surface area contributed by atoms with E-state index < -0.39 is 0 Å². The fourth-order valence-corrected chi connectivity index (χ4v) is 1.31. The van der Waals surface area contributed by atoms with Crippen molar-refractivity contribution in [2.24, 2.45) is 0 Å². The molecule has 0 amide bonds. The van der Waals surface area contributed by atoms with Crippen molar-refractivity contribution in [3.8, 4) is 0 Å². The highest BCUT2D eigenvalue weighted by Crippen LogP contribution is 2.17. The molecule has 1 aromatic carbocycles. The van der Waals surface area contributed by atoms with Crippen LogP contribution in [0, 0.1) is 0 Å². The van der Waals surface area contributed by atoms with Crippen LogP contribution in [-0.2, 0) is 11.3 Å². The van der Waals surface area contributed by atoms with Gasteiger partial charge in [-0.25, -0.2) is 0 Å². The van der Waals surface area contributed by atoms with Gasteiger partial charge in [0.1, 0.15) is 5.78 Å². The summed E-state index contributed by atoms with van der Waals surface area (Å²) in [5, 5.41) is 3.71. The van der Waals surface area contributed by atoms with Crippen molar-refractivity contribution in [2.75, 3.05) is 5.73 Å². The summed E-state index contributed by atoms with van der Waals surface area (Å²) in [6.07, 6.45) is 0. The van der Waals surface area contributed by atoms with Gasteiger partial charge in [0.15, 0.2) is 0 Å². The Balaban J connectivity index is 2.62. The van der Waals surface area contributed by atoms with Crippen molar-refractivity contribution >= 4 is 23.1 Å². The smallest absolute Gasteiger partial charge is 0.146 e. The number of benzene rings is 1. The lowest BCUT2D eigenvalue weighted by atomic mass is 10.1. The highest BCUT2D eigenvalue weighted by Gasteiger charge is 2.07. The van der Waals surface area contributed by atoms with E-state index in [0.29, 0.717) is 17.3 Å². The van der Waals surface area contributed by atoms with Crippen molar-refractivity contribution in [3.63, 3.8) is 0 Å². The van der Waals surface area contributed by atoms with Gasteiger partial charge in [-0.05, 0) is 31.5 Å². The molecule has 82 valence electrons. The summed E-state index contributed by atoms with van der Waals surface area (Å²) in [7, 11) is 0. The van der Waals surface area contributed by atoms with E-state index in [4.69, 9.17) is 17.3 Å². The van der Waals surface area contributed by atoms with E-state index in [2.05, 4.69) is 5.32 Å². The molecule has 4 heteroatoms. The topological polar surface area (TPSA) is 55.1 Å². The lowest BCUT2D eigenvalue weighted by Crippen LogP contribution is -2.31. The van der Waals surface area contributed by atoms with Gasteiger partial charge in [-0.2, -0.15) is 0 Å². The molecule has 1 atom stereocenters. The molecule has 0 aliphatic rings. The van der Waals surface area contributed by atoms with Crippen molar-refractivity contribution in [2.45, 2.75) is 26.4 Å². The van der Waals surface area contributed by atoms with Crippen LogP contribution in [0.25, 0.3) is 0 Å². The van der Waals surface area contributed by atoms with Gasteiger partial charge in [-0.15, -0.1) is 0 Å². The van der Waals surface area contributed by atoms with Crippen LogP contribution >= 0.6 is 11.6 Å². The molecule has 0 fully saturated rings. The molecule has 3 N–H and O–H groups in total. The number of hydrogen-bond acceptors (Lipinski definition) is 3. The highest BCUT2D eigenvalue weighted by molar-refractivity contribution is 6.30. The maximum Gasteiger partial charge on any atom is 0.146 e. The zero-order chi connectivity index (χ0) is 11.4. The summed E-state index contributed by atoms with van der Waals surface area (Å²) in [6, 6.07) is 5.20. The number of ketones is 1. The number of hydrogen-bond donors (Lipinski definition) is 2. The van der Waals surface area contributed by atoms with Gasteiger partial charge in [0, 0.05) is 17.3 Å². The molecule has 3 nitrogen and oxygen atoms in total. The van der Waals surface area contributed by atoms with Crippen LogP contribution in [0.3, 0.4) is 0 Å². The van der Waals surface area contributed by atoms with Gasteiger partial charge < -0.3 is 11.1 Å². The zero-order valence-electron chi connectivity index (χ0n) is 8.88. The second-order valence-electron chi connectivity index (χ2n) is 3.56. The fourth-order valence-electron chi connectivity index (χ4n) is 1.13. The molecule has 1 unspecified atom stereocenters. The van der Waals surface area contributed by atoms with Gasteiger partial charge in [0.05, 0.1) is 6.04 Å². The molecule has 15 heavy (non-hydrogen) atoms. The average Bonchev–Trinajstić information content (AvgIpc) is 2.15. The summed E-state index contributed by atoms with van der Waals surface area (Å²) < 4.78 is 0. The minimum atomic E-state index is -0.153. The maximum absolute atomic E-state index is 11.0. The normalized spacial score (nSPS) is 12.5. The van der Waals surface area contributed by atoms with E-state index in [-0.39, 0.29) is 11.8 Å². The molecule has 0 saturated heterocycles. The van der Waals surface area contributed by atoms with Crippen LogP contribution in [0.2, 0.25) is 5.02 Å². The molecule has 0 aliphatic heterocycles. The molecule has 1 rings (SSSR count). The Labute approximate surface area is 94.6 Å². The largest absolute Gasteiger partial charge is 0.398 e. The van der Waals surface area contributed by atoms with E-state index in [1.807, 2.05) is 13.0 Å². The third kappa shape index (κ3) is 3.53. The highest BCUT2D eigenvalue weighted by atomic mass is 35.5. The molecule has 0 aliphatic carbocycles. The number of nitrogen functional groups attached to an aromatic ring is 1. The molecule has 0 heterocycles. The summed E-state index contributed by atoms with van der Waals surface area (Å²) in [6.45, 7) is 3.96. The van der Waals surface area contributed by atoms with E-state index in [1.54, 1.807) is 19.1 Å². The Hall–Kier alpha value is -1.06. The minimum absolute atomic E-state index is 0.113. The Morgan fingerprint density at radius 1 is 1.60 bits per heavy atom. The maximum atomic E-state index is 11.0. The van der Waals surface area contributed by atoms with Crippen LogP contribution in [0.4, 0.5) is 5.69 Å². The van der Waals surface area contributed by atoms with Crippen LogP contribution in [0.15, 0.2) is 18.2 Å². The monoisotopic (exact) mass is 226 g/mol. The molecule has 0 aromatic heterocycles. The van der Waals surface area contributed by atoms with Gasteiger partial charge >= 0.3 is 0 Å². The number of Topliss-reactive ketones (excluding diaryl/α,β-unsaturated/α-hetero) is 1. The number of halogens is 1. The van der Waals surface area contributed by atoms with Gasteiger partial charge in [0.25, 0.3) is 0 Å². The lowest BCUT2D eigenvalue weighted by Gasteiger charge is -2.11. The second-order valence-corrected chi connectivity index (χ2v) is 3.99. The third-order valence-electron chi connectivity index (χ3n) is 2.32. The quantitative estimate of drug-likeness (QED) is 0.772. The lowest BCUT2D eigenvalue weighted by molar-refractivity contribution is -0.118. The fraction of sp³-hybridized carbons (Fsp3) is 0.364. The molecular formula is C11H15ClN2O. The Bertz CT molecular complexity index is 366. The van der Waals surface area contributed by atoms with Gasteiger partial charge in [-0.1, -0.05) is 17.7 Å². The summed E-state index contributed by atoms with van der Waals surface area (Å²) in [4.78, 5) is 11.0. The first-order chi connectivity index (χ1) is 7.00. The Kier molecular flexibility index (Phi) is 4.12. The minimum Gasteiger partial charge on any atom is -0.398 e. The van der Waals surface area contributed by atoms with Crippen LogP contribution in [0.5, 0.6) is 0 Å². The summed E-state index contributed by atoms with van der Waals surface area (Å²) in [5.41, 5.74) is 7.37. The number of carbonyl (C=O) groups is 1. The Morgan fingerprint density at radius 3 is 2.80 bits per heavy atom. The van der Waals surface area contributed by atoms with Crippen LogP contribution in [0.1, 0.15) is 19.4 Å². The second kappa shape index (κ2) is 5.14. The van der Waals surface area contributed by atoms with E-state index in [0.717, 1.165) is 5.56 Å². The van der Waals surface area contributed by atoms with Crippen molar-refractivity contribution in [1.82, 2.24) is 5.32 Å². The average molecular weight is 227 g/mol. The van der Waals surface area contributed by atoms with Crippen LogP contribution in [-0.4, -0.2) is 11.8 Å². The van der Waals surface area contributed by atoms with E-state index in [1.165, 1.54) is 0 Å². The number of carbonyl (C=O) groups excluding carboxylic acids is 1. The molecule has 0 spiro atoms. The Morgan fingerprint density at radius 2 is 2.27 bits per heavy atom. The number of rotatable bonds is 4. The van der Waals surface area contributed by atoms with Crippen molar-refractivity contribution in [3.05, 3.63) is 28.8 Å². The standard InChI is InChI=1S/C11H15ClN2O/c1-7(8(2)15)14-6-9-3-4-10(12)5-11(9)13/h3-5,7,14H,6,13H2,1-2H3. The van der Waals surface area contributed by atoms with E-state index >= 15 is 0 Å². The van der Waals surface area contributed by atoms with Crippen molar-refractivity contribution in [1.29, 1.82) is 0 Å². The first-order valence-corrected chi connectivity index (χ1v) is 5.16. The predicted octanol–water partition coefficient (Wildman–Crippen LogP) is 1.99. The van der Waals surface area contributed by atoms with Crippen LogP contribution < -0.4 is 11.1 Å². The van der Waals surface area contributed by atoms with Gasteiger partial charge in [0.2, 0.25) is 0 Å². The third-order valence-corrected chi connectivity index (χ3v) is 2.55. The molecule has 0 radical (unpaired) electrons. The molecular weight excluding hydrogens is 212 g/mol. The molecule has 1 aromatic rings. The number of nitrogens with two attached hydrogens (primary N) is 1. The zero-order valence-corrected chi connectivity index (χ0v) is 9.64. The first kappa shape index (κ1) is 12.0. The predicted molar refractivity (Wildman–Crippen MR) is 62.8 cm³/mol. The number of anilines is 1. The first-order valence-electron chi connectivity index (χ1n) is 4.78. The number of nitrogens with one attached hydrogen (secondary N) is 1. The summed E-state index contributed by atoms with van der Waals surface area (Å²) in [5.74, 6) is 0.113.